The van der Waals surface area contributed by atoms with Gasteiger partial charge in [-0.15, -0.1) is 0 Å². The highest BCUT2D eigenvalue weighted by Crippen LogP contribution is 2.26. The van der Waals surface area contributed by atoms with Gasteiger partial charge in [0.15, 0.2) is 5.12 Å². The summed E-state index contributed by atoms with van der Waals surface area (Å²) >= 11 is 7.52. The van der Waals surface area contributed by atoms with Crippen LogP contribution in [0.4, 0.5) is 5.69 Å². The molecule has 0 bridgehead atoms. The molecule has 0 unspecified atom stereocenters. The topological polar surface area (TPSA) is 29.4 Å². The van der Waals surface area contributed by atoms with Crippen LogP contribution in [0.2, 0.25) is 5.02 Å². The molecule has 1 heterocycles. The Labute approximate surface area is 110 Å². The van der Waals surface area contributed by atoms with Gasteiger partial charge in [-0.05, 0) is 24.1 Å². The van der Waals surface area contributed by atoms with E-state index >= 15 is 0 Å². The summed E-state index contributed by atoms with van der Waals surface area (Å²) in [5.74, 6) is 0.715. The smallest absolute Gasteiger partial charge is 0.194 e. The summed E-state index contributed by atoms with van der Waals surface area (Å²) in [6.45, 7) is 2.13. The van der Waals surface area contributed by atoms with E-state index in [9.17, 15) is 4.79 Å². The minimum absolute atomic E-state index is 0.206. The quantitative estimate of drug-likeness (QED) is 0.828. The van der Waals surface area contributed by atoms with E-state index in [2.05, 4.69) is 11.9 Å². The largest absolute Gasteiger partial charge is 0.287 e. The highest BCUT2D eigenvalue weighted by Gasteiger charge is 2.17. The minimum atomic E-state index is 0.206. The molecule has 1 fully saturated rings. The normalized spacial score (nSPS) is 18.0. The van der Waals surface area contributed by atoms with Gasteiger partial charge in [-0.25, -0.2) is 0 Å². The Morgan fingerprint density at radius 2 is 2.29 bits per heavy atom. The molecule has 1 aliphatic rings. The number of aryl methyl sites for hydroxylation is 1. The van der Waals surface area contributed by atoms with Crippen molar-refractivity contribution in [1.29, 1.82) is 0 Å². The van der Waals surface area contributed by atoms with Gasteiger partial charge in [0.1, 0.15) is 0 Å². The summed E-state index contributed by atoms with van der Waals surface area (Å²) in [5.41, 5.74) is 2.95. The van der Waals surface area contributed by atoms with E-state index in [0.717, 1.165) is 34.8 Å². The maximum atomic E-state index is 11.1. The SMILES string of the molecule is CCCc1ccc(N=C2CSC(=O)C2)cc1Cl. The molecule has 1 aromatic rings. The first-order chi connectivity index (χ1) is 8.19. The highest BCUT2D eigenvalue weighted by atomic mass is 35.5. The Bertz CT molecular complexity index is 470. The lowest BCUT2D eigenvalue weighted by atomic mass is 10.1. The van der Waals surface area contributed by atoms with E-state index in [-0.39, 0.29) is 5.12 Å². The molecule has 0 atom stereocenters. The Hall–Kier alpha value is -0.800. The molecule has 1 aliphatic heterocycles. The van der Waals surface area contributed by atoms with Crippen LogP contribution in [0, 0.1) is 0 Å². The molecule has 1 saturated heterocycles. The fraction of sp³-hybridized carbons (Fsp3) is 0.385. The number of carbonyl (C=O) groups excluding carboxylic acids is 1. The molecule has 0 aromatic heterocycles. The second-order valence-corrected chi connectivity index (χ2v) is 5.48. The fourth-order valence-electron chi connectivity index (χ4n) is 1.76. The van der Waals surface area contributed by atoms with Crippen molar-refractivity contribution in [3.63, 3.8) is 0 Å². The molecule has 0 radical (unpaired) electrons. The van der Waals surface area contributed by atoms with Crippen LogP contribution in [0.25, 0.3) is 0 Å². The minimum Gasteiger partial charge on any atom is -0.287 e. The lowest BCUT2D eigenvalue weighted by molar-refractivity contribution is -0.109. The number of rotatable bonds is 3. The van der Waals surface area contributed by atoms with E-state index in [4.69, 9.17) is 11.6 Å². The maximum Gasteiger partial charge on any atom is 0.194 e. The first-order valence-electron chi connectivity index (χ1n) is 5.69. The van der Waals surface area contributed by atoms with Gasteiger partial charge in [0.05, 0.1) is 12.1 Å². The number of aliphatic imine (C=N–C) groups is 1. The molecule has 0 aliphatic carbocycles. The van der Waals surface area contributed by atoms with Crippen molar-refractivity contribution in [1.82, 2.24) is 0 Å². The average molecular weight is 268 g/mol. The second kappa shape index (κ2) is 5.69. The third-order valence-electron chi connectivity index (χ3n) is 2.59. The molecule has 2 rings (SSSR count). The number of hydrogen-bond acceptors (Lipinski definition) is 3. The van der Waals surface area contributed by atoms with Crippen molar-refractivity contribution in [3.8, 4) is 0 Å². The van der Waals surface area contributed by atoms with E-state index in [1.165, 1.54) is 11.8 Å². The molecule has 0 spiro atoms. The van der Waals surface area contributed by atoms with Crippen LogP contribution in [-0.2, 0) is 11.2 Å². The van der Waals surface area contributed by atoms with Gasteiger partial charge < -0.3 is 0 Å². The summed E-state index contributed by atoms with van der Waals surface area (Å²) in [5, 5.41) is 0.975. The van der Waals surface area contributed by atoms with E-state index < -0.39 is 0 Å². The maximum absolute atomic E-state index is 11.1. The highest BCUT2D eigenvalue weighted by molar-refractivity contribution is 8.14. The van der Waals surface area contributed by atoms with Gasteiger partial charge in [0.2, 0.25) is 0 Å². The second-order valence-electron chi connectivity index (χ2n) is 4.04. The van der Waals surface area contributed by atoms with Crippen LogP contribution >= 0.6 is 23.4 Å². The average Bonchev–Trinajstić information content (AvgIpc) is 2.68. The van der Waals surface area contributed by atoms with Crippen molar-refractivity contribution in [2.75, 3.05) is 5.75 Å². The van der Waals surface area contributed by atoms with Gasteiger partial charge in [-0.2, -0.15) is 0 Å². The molecular formula is C13H14ClNOS. The first kappa shape index (κ1) is 12.7. The van der Waals surface area contributed by atoms with Gasteiger partial charge in [0, 0.05) is 16.5 Å². The van der Waals surface area contributed by atoms with Crippen molar-refractivity contribution in [2.24, 2.45) is 4.99 Å². The summed E-state index contributed by atoms with van der Waals surface area (Å²) in [6, 6.07) is 5.87. The van der Waals surface area contributed by atoms with Crippen LogP contribution in [0.15, 0.2) is 23.2 Å². The predicted octanol–water partition coefficient (Wildman–Crippen LogP) is 4.03. The fourth-order valence-corrected chi connectivity index (χ4v) is 2.80. The number of halogens is 1. The monoisotopic (exact) mass is 267 g/mol. The molecule has 4 heteroatoms. The van der Waals surface area contributed by atoms with Crippen LogP contribution in [-0.4, -0.2) is 16.6 Å². The van der Waals surface area contributed by atoms with E-state index in [0.29, 0.717) is 12.2 Å². The standard InChI is InChI=1S/C13H14ClNOS/c1-2-3-9-4-5-10(6-12(9)14)15-11-7-13(16)17-8-11/h4-6H,2-3,7-8H2,1H3. The Balaban J connectivity index is 2.17. The third-order valence-corrected chi connectivity index (χ3v) is 3.89. The summed E-state index contributed by atoms with van der Waals surface area (Å²) < 4.78 is 0. The number of benzene rings is 1. The van der Waals surface area contributed by atoms with Gasteiger partial charge >= 0.3 is 0 Å². The molecule has 17 heavy (non-hydrogen) atoms. The Morgan fingerprint density at radius 3 is 2.88 bits per heavy atom. The lowest BCUT2D eigenvalue weighted by Crippen LogP contribution is -1.94. The molecule has 1 aromatic carbocycles. The lowest BCUT2D eigenvalue weighted by Gasteiger charge is -2.03. The van der Waals surface area contributed by atoms with Crippen LogP contribution in [0.5, 0.6) is 0 Å². The third kappa shape index (κ3) is 3.33. The van der Waals surface area contributed by atoms with Crippen LogP contribution in [0.3, 0.4) is 0 Å². The molecule has 90 valence electrons. The molecular weight excluding hydrogens is 254 g/mol. The zero-order valence-corrected chi connectivity index (χ0v) is 11.3. The van der Waals surface area contributed by atoms with Crippen molar-refractivity contribution in [3.05, 3.63) is 28.8 Å². The molecule has 0 N–H and O–H groups in total. The van der Waals surface area contributed by atoms with Crippen molar-refractivity contribution < 1.29 is 4.79 Å². The zero-order valence-electron chi connectivity index (χ0n) is 9.70. The van der Waals surface area contributed by atoms with E-state index in [1.807, 2.05) is 18.2 Å². The first-order valence-corrected chi connectivity index (χ1v) is 7.06. The summed E-state index contributed by atoms with van der Waals surface area (Å²) in [7, 11) is 0. The number of hydrogen-bond donors (Lipinski definition) is 0. The summed E-state index contributed by atoms with van der Waals surface area (Å²) in [4.78, 5) is 15.6. The Morgan fingerprint density at radius 1 is 1.47 bits per heavy atom. The summed E-state index contributed by atoms with van der Waals surface area (Å²) in [6.07, 6.45) is 2.54. The van der Waals surface area contributed by atoms with Crippen molar-refractivity contribution in [2.45, 2.75) is 26.2 Å². The van der Waals surface area contributed by atoms with Crippen LogP contribution in [0.1, 0.15) is 25.3 Å². The molecule has 0 amide bonds. The van der Waals surface area contributed by atoms with Gasteiger partial charge in [-0.3, -0.25) is 9.79 Å². The van der Waals surface area contributed by atoms with Crippen molar-refractivity contribution >= 4 is 39.9 Å². The van der Waals surface area contributed by atoms with Crippen LogP contribution < -0.4 is 0 Å². The number of nitrogens with zero attached hydrogens (tertiary/aromatic N) is 1. The van der Waals surface area contributed by atoms with E-state index in [1.54, 1.807) is 0 Å². The predicted molar refractivity (Wildman–Crippen MR) is 74.6 cm³/mol. The molecule has 0 saturated carbocycles. The number of carbonyl (C=O) groups is 1. The zero-order chi connectivity index (χ0) is 12.3. The number of thioether (sulfide) groups is 1. The Kier molecular flexibility index (Phi) is 4.24. The van der Waals surface area contributed by atoms with Gasteiger partial charge in [0.25, 0.3) is 0 Å². The van der Waals surface area contributed by atoms with Gasteiger partial charge in [-0.1, -0.05) is 42.8 Å². The molecule has 2 nitrogen and oxygen atoms in total.